The van der Waals surface area contributed by atoms with Gasteiger partial charge in [0.2, 0.25) is 0 Å². The monoisotopic (exact) mass is 310 g/mol. The van der Waals surface area contributed by atoms with Gasteiger partial charge in [-0.2, -0.15) is 0 Å². The van der Waals surface area contributed by atoms with Crippen LogP contribution in [0.25, 0.3) is 0 Å². The van der Waals surface area contributed by atoms with Crippen molar-refractivity contribution in [1.29, 1.82) is 0 Å². The highest BCUT2D eigenvalue weighted by atomic mass is 35.5. The van der Waals surface area contributed by atoms with E-state index in [1.165, 1.54) is 16.8 Å². The highest BCUT2D eigenvalue weighted by molar-refractivity contribution is 5.85. The third-order valence-electron chi connectivity index (χ3n) is 3.42. The Morgan fingerprint density at radius 3 is 2.40 bits per heavy atom. The number of fused-ring (bicyclic) bond motifs is 1. The van der Waals surface area contributed by atoms with E-state index in [1.54, 1.807) is 0 Å². The molecule has 0 aliphatic carbocycles. The number of rotatable bonds is 2. The molecule has 4 heteroatoms. The van der Waals surface area contributed by atoms with Crippen LogP contribution in [0.5, 0.6) is 0 Å². The largest absolute Gasteiger partial charge is 0.366 e. The Morgan fingerprint density at radius 2 is 1.60 bits per heavy atom. The Balaban J connectivity index is 0.000001000. The average molecular weight is 311 g/mol. The third kappa shape index (κ3) is 3.89. The van der Waals surface area contributed by atoms with Gasteiger partial charge in [-0.15, -0.1) is 24.8 Å². The van der Waals surface area contributed by atoms with Crippen LogP contribution >= 0.6 is 24.8 Å². The molecule has 0 amide bonds. The minimum atomic E-state index is 0. The van der Waals surface area contributed by atoms with Gasteiger partial charge in [-0.3, -0.25) is 0 Å². The van der Waals surface area contributed by atoms with Crippen molar-refractivity contribution in [2.45, 2.75) is 13.1 Å². The van der Waals surface area contributed by atoms with Crippen molar-refractivity contribution in [3.63, 3.8) is 0 Å². The van der Waals surface area contributed by atoms with Gasteiger partial charge in [-0.1, -0.05) is 48.5 Å². The quantitative estimate of drug-likeness (QED) is 0.911. The Hall–Kier alpha value is -1.22. The third-order valence-corrected chi connectivity index (χ3v) is 3.42. The van der Waals surface area contributed by atoms with Crippen molar-refractivity contribution in [3.8, 4) is 0 Å². The van der Waals surface area contributed by atoms with E-state index in [4.69, 9.17) is 0 Å². The summed E-state index contributed by atoms with van der Waals surface area (Å²) >= 11 is 0. The van der Waals surface area contributed by atoms with Gasteiger partial charge in [0.1, 0.15) is 0 Å². The molecule has 0 saturated heterocycles. The molecule has 3 rings (SSSR count). The Morgan fingerprint density at radius 1 is 0.900 bits per heavy atom. The molecular weight excluding hydrogens is 291 g/mol. The van der Waals surface area contributed by atoms with Crippen LogP contribution in [0.3, 0.4) is 0 Å². The number of halogens is 2. The summed E-state index contributed by atoms with van der Waals surface area (Å²) in [6.07, 6.45) is 0. The molecular formula is C16H20Cl2N2. The smallest absolute Gasteiger partial charge is 0.0430 e. The normalized spacial score (nSPS) is 13.5. The number of nitrogens with one attached hydrogen (secondary N) is 1. The van der Waals surface area contributed by atoms with Crippen molar-refractivity contribution in [2.24, 2.45) is 0 Å². The fourth-order valence-corrected chi connectivity index (χ4v) is 2.49. The lowest BCUT2D eigenvalue weighted by atomic mass is 10.1. The van der Waals surface area contributed by atoms with Crippen molar-refractivity contribution in [2.75, 3.05) is 18.0 Å². The lowest BCUT2D eigenvalue weighted by Gasteiger charge is -2.24. The Kier molecular flexibility index (Phi) is 6.86. The zero-order chi connectivity index (χ0) is 12.2. The van der Waals surface area contributed by atoms with E-state index in [9.17, 15) is 0 Å². The molecule has 0 atom stereocenters. The number of nitrogens with zero attached hydrogens (tertiary/aromatic N) is 1. The molecule has 1 aliphatic heterocycles. The van der Waals surface area contributed by atoms with E-state index in [0.717, 1.165) is 26.2 Å². The first-order valence-electron chi connectivity index (χ1n) is 6.51. The predicted molar refractivity (Wildman–Crippen MR) is 90.1 cm³/mol. The van der Waals surface area contributed by atoms with Crippen LogP contribution in [0.2, 0.25) is 0 Å². The van der Waals surface area contributed by atoms with Gasteiger partial charge >= 0.3 is 0 Å². The summed E-state index contributed by atoms with van der Waals surface area (Å²) in [5.74, 6) is 0. The van der Waals surface area contributed by atoms with Gasteiger partial charge in [0.25, 0.3) is 0 Å². The summed E-state index contributed by atoms with van der Waals surface area (Å²) < 4.78 is 0. The zero-order valence-electron chi connectivity index (χ0n) is 11.3. The van der Waals surface area contributed by atoms with Gasteiger partial charge in [-0.25, -0.2) is 0 Å². The van der Waals surface area contributed by atoms with E-state index < -0.39 is 0 Å². The van der Waals surface area contributed by atoms with Gasteiger partial charge in [0.15, 0.2) is 0 Å². The number of hydrogen-bond acceptors (Lipinski definition) is 2. The van der Waals surface area contributed by atoms with Crippen molar-refractivity contribution in [1.82, 2.24) is 5.32 Å². The van der Waals surface area contributed by atoms with E-state index in [2.05, 4.69) is 64.8 Å². The van der Waals surface area contributed by atoms with Gasteiger partial charge in [0, 0.05) is 31.9 Å². The Labute approximate surface area is 133 Å². The fraction of sp³-hybridized carbons (Fsp3) is 0.250. The van der Waals surface area contributed by atoms with Crippen LogP contribution < -0.4 is 10.2 Å². The van der Waals surface area contributed by atoms with Crippen LogP contribution in [0, 0.1) is 0 Å². The molecule has 1 N–H and O–H groups in total. The molecule has 0 saturated carbocycles. The van der Waals surface area contributed by atoms with Gasteiger partial charge < -0.3 is 10.2 Å². The van der Waals surface area contributed by atoms with Crippen molar-refractivity contribution < 1.29 is 0 Å². The molecule has 0 aromatic heterocycles. The van der Waals surface area contributed by atoms with E-state index in [-0.39, 0.29) is 24.8 Å². The molecule has 2 aromatic rings. The second kappa shape index (κ2) is 8.15. The van der Waals surface area contributed by atoms with E-state index >= 15 is 0 Å². The van der Waals surface area contributed by atoms with Crippen LogP contribution in [0.4, 0.5) is 5.69 Å². The first kappa shape index (κ1) is 16.8. The molecule has 0 radical (unpaired) electrons. The van der Waals surface area contributed by atoms with Crippen LogP contribution in [0.1, 0.15) is 11.1 Å². The molecule has 1 aliphatic rings. The first-order chi connectivity index (χ1) is 8.93. The minimum Gasteiger partial charge on any atom is -0.366 e. The maximum atomic E-state index is 3.48. The molecule has 0 fully saturated rings. The maximum Gasteiger partial charge on any atom is 0.0430 e. The van der Waals surface area contributed by atoms with Crippen molar-refractivity contribution >= 4 is 30.5 Å². The molecule has 2 aromatic carbocycles. The molecule has 108 valence electrons. The first-order valence-corrected chi connectivity index (χ1v) is 6.51. The fourth-order valence-electron chi connectivity index (χ4n) is 2.49. The molecule has 0 bridgehead atoms. The highest BCUT2D eigenvalue weighted by Gasteiger charge is 2.14. The summed E-state index contributed by atoms with van der Waals surface area (Å²) in [6.45, 7) is 4.06. The Bertz CT molecular complexity index is 517. The summed E-state index contributed by atoms with van der Waals surface area (Å²) in [7, 11) is 0. The number of benzene rings is 2. The van der Waals surface area contributed by atoms with Gasteiger partial charge in [-0.05, 0) is 17.2 Å². The van der Waals surface area contributed by atoms with E-state index in [1.807, 2.05) is 0 Å². The number of hydrogen-bond donors (Lipinski definition) is 1. The predicted octanol–water partition coefficient (Wildman–Crippen LogP) is 3.64. The topological polar surface area (TPSA) is 15.3 Å². The summed E-state index contributed by atoms with van der Waals surface area (Å²) in [5.41, 5.74) is 4.13. The number of para-hydroxylation sites is 1. The van der Waals surface area contributed by atoms with Crippen LogP contribution in [0.15, 0.2) is 54.6 Å². The SMILES string of the molecule is Cl.Cl.c1ccc(CN2CCNCc3ccccc32)cc1. The molecule has 1 heterocycles. The summed E-state index contributed by atoms with van der Waals surface area (Å²) in [6, 6.07) is 19.4. The summed E-state index contributed by atoms with van der Waals surface area (Å²) in [5, 5.41) is 3.48. The molecule has 0 unspecified atom stereocenters. The standard InChI is InChI=1S/C16H18N2.2ClH/c1-2-6-14(7-3-1)13-18-11-10-17-12-15-8-4-5-9-16(15)18;;/h1-9,17H,10-13H2;2*1H. The van der Waals surface area contributed by atoms with Crippen molar-refractivity contribution in [3.05, 3.63) is 65.7 Å². The number of anilines is 1. The maximum absolute atomic E-state index is 3.48. The lowest BCUT2D eigenvalue weighted by Crippen LogP contribution is -2.28. The second-order valence-electron chi connectivity index (χ2n) is 4.71. The lowest BCUT2D eigenvalue weighted by molar-refractivity contribution is 0.688. The molecule has 20 heavy (non-hydrogen) atoms. The highest BCUT2D eigenvalue weighted by Crippen LogP contribution is 2.23. The van der Waals surface area contributed by atoms with E-state index in [0.29, 0.717) is 0 Å². The zero-order valence-corrected chi connectivity index (χ0v) is 12.9. The average Bonchev–Trinajstić information content (AvgIpc) is 2.63. The minimum absolute atomic E-state index is 0. The van der Waals surface area contributed by atoms with Crippen LogP contribution in [-0.4, -0.2) is 13.1 Å². The molecule has 2 nitrogen and oxygen atoms in total. The second-order valence-corrected chi connectivity index (χ2v) is 4.71. The van der Waals surface area contributed by atoms with Crippen LogP contribution in [-0.2, 0) is 13.1 Å². The van der Waals surface area contributed by atoms with Gasteiger partial charge in [0.05, 0.1) is 0 Å². The summed E-state index contributed by atoms with van der Waals surface area (Å²) in [4.78, 5) is 2.46. The molecule has 0 spiro atoms.